The van der Waals surface area contributed by atoms with Gasteiger partial charge in [0.1, 0.15) is 0 Å². The first kappa shape index (κ1) is 11.1. The molecular formula is C11H15NOS. The first-order chi connectivity index (χ1) is 6.72. The zero-order chi connectivity index (χ0) is 10.4. The zero-order valence-corrected chi connectivity index (χ0v) is 9.36. The van der Waals surface area contributed by atoms with Gasteiger partial charge in [0.25, 0.3) is 0 Å². The molecule has 2 nitrogen and oxygen atoms in total. The molecule has 0 unspecified atom stereocenters. The monoisotopic (exact) mass is 209 g/mol. The van der Waals surface area contributed by atoms with Gasteiger partial charge in [-0.3, -0.25) is 4.79 Å². The summed E-state index contributed by atoms with van der Waals surface area (Å²) >= 11 is 1.84. The van der Waals surface area contributed by atoms with E-state index in [2.05, 4.69) is 12.2 Å². The van der Waals surface area contributed by atoms with Crippen LogP contribution in [0.25, 0.3) is 0 Å². The van der Waals surface area contributed by atoms with Crippen LogP contribution in [0.15, 0.2) is 29.2 Å². The number of benzene rings is 1. The highest BCUT2D eigenvalue weighted by Gasteiger charge is 1.96. The van der Waals surface area contributed by atoms with Crippen molar-refractivity contribution in [1.82, 2.24) is 0 Å². The van der Waals surface area contributed by atoms with Crippen LogP contribution in [0.3, 0.4) is 0 Å². The summed E-state index contributed by atoms with van der Waals surface area (Å²) in [4.78, 5) is 12.0. The lowest BCUT2D eigenvalue weighted by Crippen LogP contribution is -2.05. The average Bonchev–Trinajstić information content (AvgIpc) is 2.16. The summed E-state index contributed by atoms with van der Waals surface area (Å²) < 4.78 is 0. The molecular weight excluding hydrogens is 194 g/mol. The van der Waals surface area contributed by atoms with E-state index in [1.807, 2.05) is 36.0 Å². The Morgan fingerprint density at radius 1 is 1.36 bits per heavy atom. The lowest BCUT2D eigenvalue weighted by Gasteiger charge is -2.03. The second kappa shape index (κ2) is 5.70. The molecule has 0 heterocycles. The Hall–Kier alpha value is -0.960. The van der Waals surface area contributed by atoms with Gasteiger partial charge in [-0.1, -0.05) is 6.92 Å². The highest BCUT2D eigenvalue weighted by molar-refractivity contribution is 7.99. The Bertz CT molecular complexity index is 295. The number of rotatable bonds is 4. The molecule has 1 rings (SSSR count). The second-order valence-electron chi connectivity index (χ2n) is 3.05. The fourth-order valence-corrected chi connectivity index (χ4v) is 1.83. The summed E-state index contributed by atoms with van der Waals surface area (Å²) in [5, 5.41) is 2.74. The predicted molar refractivity (Wildman–Crippen MR) is 61.8 cm³/mol. The largest absolute Gasteiger partial charge is 0.326 e. The van der Waals surface area contributed by atoms with E-state index in [1.54, 1.807) is 0 Å². The van der Waals surface area contributed by atoms with Gasteiger partial charge in [0.15, 0.2) is 0 Å². The van der Waals surface area contributed by atoms with Crippen LogP contribution < -0.4 is 5.32 Å². The van der Waals surface area contributed by atoms with E-state index < -0.39 is 0 Å². The minimum atomic E-state index is -0.0287. The molecule has 1 amide bonds. The van der Waals surface area contributed by atoms with Gasteiger partial charge in [0.2, 0.25) is 5.91 Å². The normalized spacial score (nSPS) is 9.86. The molecule has 0 saturated carbocycles. The van der Waals surface area contributed by atoms with E-state index in [9.17, 15) is 4.79 Å². The van der Waals surface area contributed by atoms with Crippen LogP contribution in [0, 0.1) is 0 Å². The van der Waals surface area contributed by atoms with Crippen molar-refractivity contribution < 1.29 is 4.79 Å². The quantitative estimate of drug-likeness (QED) is 0.772. The van der Waals surface area contributed by atoms with Crippen molar-refractivity contribution in [2.75, 3.05) is 11.1 Å². The summed E-state index contributed by atoms with van der Waals surface area (Å²) in [7, 11) is 0. The van der Waals surface area contributed by atoms with Crippen LogP contribution in [0.2, 0.25) is 0 Å². The third-order valence-corrected chi connectivity index (χ3v) is 2.87. The molecule has 0 radical (unpaired) electrons. The maximum atomic E-state index is 10.8. The highest BCUT2D eigenvalue weighted by atomic mass is 32.2. The smallest absolute Gasteiger partial charge is 0.221 e. The average molecular weight is 209 g/mol. The zero-order valence-electron chi connectivity index (χ0n) is 8.54. The second-order valence-corrected chi connectivity index (χ2v) is 4.22. The molecule has 0 aliphatic heterocycles. The molecule has 1 N–H and O–H groups in total. The Morgan fingerprint density at radius 2 is 2.00 bits per heavy atom. The van der Waals surface area contributed by atoms with Crippen LogP contribution >= 0.6 is 11.8 Å². The van der Waals surface area contributed by atoms with Crippen LogP contribution in [-0.4, -0.2) is 11.7 Å². The van der Waals surface area contributed by atoms with Crippen molar-refractivity contribution in [3.8, 4) is 0 Å². The van der Waals surface area contributed by atoms with Crippen molar-refractivity contribution >= 4 is 23.4 Å². The summed E-state index contributed by atoms with van der Waals surface area (Å²) in [5.74, 6) is 1.11. The minimum absolute atomic E-state index is 0.0287. The van der Waals surface area contributed by atoms with E-state index in [4.69, 9.17) is 0 Å². The Kier molecular flexibility index (Phi) is 4.53. The lowest BCUT2D eigenvalue weighted by molar-refractivity contribution is -0.114. The van der Waals surface area contributed by atoms with Gasteiger partial charge in [-0.05, 0) is 36.4 Å². The molecule has 0 bridgehead atoms. The maximum absolute atomic E-state index is 10.8. The molecule has 0 saturated heterocycles. The van der Waals surface area contributed by atoms with Gasteiger partial charge in [-0.15, -0.1) is 11.8 Å². The number of amides is 1. The molecule has 0 aliphatic rings. The van der Waals surface area contributed by atoms with Gasteiger partial charge in [-0.25, -0.2) is 0 Å². The van der Waals surface area contributed by atoms with E-state index >= 15 is 0 Å². The van der Waals surface area contributed by atoms with E-state index in [0.717, 1.165) is 11.4 Å². The standard InChI is InChI=1S/C11H15NOS/c1-3-8-14-11-6-4-10(5-7-11)12-9(2)13/h4-7H,3,8H2,1-2H3,(H,12,13). The van der Waals surface area contributed by atoms with Gasteiger partial charge >= 0.3 is 0 Å². The Labute approximate surface area is 89.1 Å². The van der Waals surface area contributed by atoms with E-state index in [1.165, 1.54) is 18.2 Å². The molecule has 0 spiro atoms. The van der Waals surface area contributed by atoms with Gasteiger partial charge in [0, 0.05) is 17.5 Å². The molecule has 1 aromatic rings. The van der Waals surface area contributed by atoms with E-state index in [0.29, 0.717) is 0 Å². The Balaban J connectivity index is 2.54. The highest BCUT2D eigenvalue weighted by Crippen LogP contribution is 2.20. The fraction of sp³-hybridized carbons (Fsp3) is 0.364. The van der Waals surface area contributed by atoms with Crippen molar-refractivity contribution in [1.29, 1.82) is 0 Å². The fourth-order valence-electron chi connectivity index (χ4n) is 1.06. The van der Waals surface area contributed by atoms with Crippen LogP contribution in [0.1, 0.15) is 20.3 Å². The summed E-state index contributed by atoms with van der Waals surface area (Å²) in [6.07, 6.45) is 1.18. The van der Waals surface area contributed by atoms with Gasteiger partial charge < -0.3 is 5.32 Å². The molecule has 76 valence electrons. The number of hydrogen-bond acceptors (Lipinski definition) is 2. The third-order valence-electron chi connectivity index (χ3n) is 1.65. The van der Waals surface area contributed by atoms with Crippen LogP contribution in [0.4, 0.5) is 5.69 Å². The van der Waals surface area contributed by atoms with Crippen molar-refractivity contribution in [3.05, 3.63) is 24.3 Å². The van der Waals surface area contributed by atoms with Crippen molar-refractivity contribution in [3.63, 3.8) is 0 Å². The molecule has 1 aromatic carbocycles. The summed E-state index contributed by atoms with van der Waals surface area (Å²) in [6, 6.07) is 7.93. The topological polar surface area (TPSA) is 29.1 Å². The lowest BCUT2D eigenvalue weighted by atomic mass is 10.3. The predicted octanol–water partition coefficient (Wildman–Crippen LogP) is 3.15. The number of anilines is 1. The van der Waals surface area contributed by atoms with Crippen LogP contribution in [-0.2, 0) is 4.79 Å². The summed E-state index contributed by atoms with van der Waals surface area (Å²) in [6.45, 7) is 3.68. The first-order valence-corrected chi connectivity index (χ1v) is 5.71. The molecule has 0 fully saturated rings. The number of thioether (sulfide) groups is 1. The van der Waals surface area contributed by atoms with Gasteiger partial charge in [0.05, 0.1) is 0 Å². The number of carbonyl (C=O) groups excluding carboxylic acids is 1. The van der Waals surface area contributed by atoms with E-state index in [-0.39, 0.29) is 5.91 Å². The molecule has 14 heavy (non-hydrogen) atoms. The minimum Gasteiger partial charge on any atom is -0.326 e. The number of hydrogen-bond donors (Lipinski definition) is 1. The number of carbonyl (C=O) groups is 1. The SMILES string of the molecule is CCCSc1ccc(NC(C)=O)cc1. The Morgan fingerprint density at radius 3 is 2.50 bits per heavy atom. The molecule has 0 atom stereocenters. The maximum Gasteiger partial charge on any atom is 0.221 e. The summed E-state index contributed by atoms with van der Waals surface area (Å²) in [5.41, 5.74) is 0.860. The number of nitrogens with one attached hydrogen (secondary N) is 1. The third kappa shape index (κ3) is 3.83. The van der Waals surface area contributed by atoms with Gasteiger partial charge in [-0.2, -0.15) is 0 Å². The molecule has 0 aliphatic carbocycles. The molecule has 3 heteroatoms. The van der Waals surface area contributed by atoms with Crippen molar-refractivity contribution in [2.45, 2.75) is 25.2 Å². The van der Waals surface area contributed by atoms with Crippen LogP contribution in [0.5, 0.6) is 0 Å². The molecule has 0 aromatic heterocycles. The first-order valence-electron chi connectivity index (χ1n) is 4.73. The van der Waals surface area contributed by atoms with Crippen molar-refractivity contribution in [2.24, 2.45) is 0 Å².